The quantitative estimate of drug-likeness (QED) is 0.549. The Bertz CT molecular complexity index is 854. The molecule has 0 bridgehead atoms. The standard InChI is InChI=1S/C17H15N3O2/c1-22-16-5-3-2-4-14(16)19-20-17-13-10-12(18)8-6-11(13)7-9-15(17)21/h2-10,21H,18H2,1H3. The van der Waals surface area contributed by atoms with Crippen molar-refractivity contribution < 1.29 is 9.84 Å². The Morgan fingerprint density at radius 3 is 2.59 bits per heavy atom. The first kappa shape index (κ1) is 13.9. The van der Waals surface area contributed by atoms with Crippen molar-refractivity contribution in [3.05, 3.63) is 54.6 Å². The molecule has 0 unspecified atom stereocenters. The molecule has 0 aliphatic carbocycles. The smallest absolute Gasteiger partial charge is 0.146 e. The molecular weight excluding hydrogens is 278 g/mol. The van der Waals surface area contributed by atoms with E-state index >= 15 is 0 Å². The second-order valence-corrected chi connectivity index (χ2v) is 4.79. The van der Waals surface area contributed by atoms with E-state index in [9.17, 15) is 5.11 Å². The van der Waals surface area contributed by atoms with Gasteiger partial charge in [-0.1, -0.05) is 24.3 Å². The number of nitrogen functional groups attached to an aromatic ring is 1. The van der Waals surface area contributed by atoms with Gasteiger partial charge in [0, 0.05) is 11.1 Å². The average Bonchev–Trinajstić information content (AvgIpc) is 2.54. The van der Waals surface area contributed by atoms with Crippen LogP contribution < -0.4 is 10.5 Å². The van der Waals surface area contributed by atoms with Gasteiger partial charge in [-0.15, -0.1) is 10.2 Å². The Balaban J connectivity index is 2.12. The van der Waals surface area contributed by atoms with E-state index in [4.69, 9.17) is 10.5 Å². The Morgan fingerprint density at radius 1 is 1.00 bits per heavy atom. The minimum absolute atomic E-state index is 0.0525. The van der Waals surface area contributed by atoms with Crippen molar-refractivity contribution in [1.82, 2.24) is 0 Å². The Kier molecular flexibility index (Phi) is 3.62. The van der Waals surface area contributed by atoms with Crippen LogP contribution in [-0.4, -0.2) is 12.2 Å². The Morgan fingerprint density at radius 2 is 1.77 bits per heavy atom. The second kappa shape index (κ2) is 5.73. The van der Waals surface area contributed by atoms with Crippen LogP contribution >= 0.6 is 0 Å². The molecule has 0 aliphatic rings. The fourth-order valence-corrected chi connectivity index (χ4v) is 2.23. The number of methoxy groups -OCH3 is 1. The molecule has 0 amide bonds. The summed E-state index contributed by atoms with van der Waals surface area (Å²) in [6.07, 6.45) is 0. The molecule has 110 valence electrons. The van der Waals surface area contributed by atoms with Crippen LogP contribution in [-0.2, 0) is 0 Å². The molecule has 0 aliphatic heterocycles. The number of phenolic OH excluding ortho intramolecular Hbond substituents is 1. The largest absolute Gasteiger partial charge is 0.506 e. The fourth-order valence-electron chi connectivity index (χ4n) is 2.23. The molecular formula is C17H15N3O2. The summed E-state index contributed by atoms with van der Waals surface area (Å²) in [5.41, 5.74) is 7.40. The number of anilines is 1. The molecule has 0 spiro atoms. The number of fused-ring (bicyclic) bond motifs is 1. The first-order chi connectivity index (χ1) is 10.7. The van der Waals surface area contributed by atoms with Gasteiger partial charge in [0.15, 0.2) is 0 Å². The van der Waals surface area contributed by atoms with Gasteiger partial charge in [-0.25, -0.2) is 0 Å². The third-order valence-corrected chi connectivity index (χ3v) is 3.34. The van der Waals surface area contributed by atoms with E-state index in [1.165, 1.54) is 0 Å². The predicted octanol–water partition coefficient (Wildman–Crippen LogP) is 4.55. The summed E-state index contributed by atoms with van der Waals surface area (Å²) >= 11 is 0. The zero-order valence-corrected chi connectivity index (χ0v) is 12.0. The maximum absolute atomic E-state index is 10.1. The first-order valence-electron chi connectivity index (χ1n) is 6.75. The van der Waals surface area contributed by atoms with Gasteiger partial charge >= 0.3 is 0 Å². The number of nitrogens with zero attached hydrogens (tertiary/aromatic N) is 2. The lowest BCUT2D eigenvalue weighted by atomic mass is 10.1. The second-order valence-electron chi connectivity index (χ2n) is 4.79. The third-order valence-electron chi connectivity index (χ3n) is 3.34. The number of phenols is 1. The molecule has 3 N–H and O–H groups in total. The normalized spacial score (nSPS) is 11.1. The summed E-state index contributed by atoms with van der Waals surface area (Å²) in [4.78, 5) is 0. The van der Waals surface area contributed by atoms with E-state index in [0.29, 0.717) is 22.8 Å². The molecule has 0 aromatic heterocycles. The maximum Gasteiger partial charge on any atom is 0.146 e. The SMILES string of the molecule is COc1ccccc1N=Nc1c(O)ccc2ccc(N)cc12. The highest BCUT2D eigenvalue weighted by Gasteiger charge is 2.07. The topological polar surface area (TPSA) is 80.2 Å². The van der Waals surface area contributed by atoms with Gasteiger partial charge in [0.1, 0.15) is 22.9 Å². The van der Waals surface area contributed by atoms with Crippen molar-refractivity contribution in [1.29, 1.82) is 0 Å². The number of nitrogens with two attached hydrogens (primary N) is 1. The summed E-state index contributed by atoms with van der Waals surface area (Å²) in [6.45, 7) is 0. The minimum Gasteiger partial charge on any atom is -0.506 e. The highest BCUT2D eigenvalue weighted by Crippen LogP contribution is 2.38. The number of ether oxygens (including phenoxy) is 1. The van der Waals surface area contributed by atoms with Crippen LogP contribution in [0.3, 0.4) is 0 Å². The van der Waals surface area contributed by atoms with Crippen molar-refractivity contribution in [3.63, 3.8) is 0 Å². The van der Waals surface area contributed by atoms with Gasteiger partial charge in [-0.3, -0.25) is 0 Å². The molecule has 3 rings (SSSR count). The number of aromatic hydroxyl groups is 1. The van der Waals surface area contributed by atoms with Crippen LogP contribution in [0.4, 0.5) is 17.1 Å². The highest BCUT2D eigenvalue weighted by atomic mass is 16.5. The molecule has 22 heavy (non-hydrogen) atoms. The lowest BCUT2D eigenvalue weighted by molar-refractivity contribution is 0.416. The van der Waals surface area contributed by atoms with Crippen LogP contribution in [0.25, 0.3) is 10.8 Å². The van der Waals surface area contributed by atoms with Gasteiger partial charge in [-0.05, 0) is 35.7 Å². The van der Waals surface area contributed by atoms with Crippen LogP contribution in [0.2, 0.25) is 0 Å². The van der Waals surface area contributed by atoms with Crippen LogP contribution in [0, 0.1) is 0 Å². The monoisotopic (exact) mass is 293 g/mol. The minimum atomic E-state index is 0.0525. The third kappa shape index (κ3) is 2.56. The van der Waals surface area contributed by atoms with Gasteiger partial charge in [-0.2, -0.15) is 0 Å². The van der Waals surface area contributed by atoms with E-state index in [1.807, 2.05) is 24.3 Å². The fraction of sp³-hybridized carbons (Fsp3) is 0.0588. The molecule has 0 heterocycles. The number of azo groups is 1. The maximum atomic E-state index is 10.1. The highest BCUT2D eigenvalue weighted by molar-refractivity contribution is 5.97. The zero-order chi connectivity index (χ0) is 15.5. The lowest BCUT2D eigenvalue weighted by Gasteiger charge is -2.06. The number of rotatable bonds is 3. The van der Waals surface area contributed by atoms with Crippen molar-refractivity contribution >= 4 is 27.8 Å². The molecule has 0 saturated carbocycles. The molecule has 5 nitrogen and oxygen atoms in total. The summed E-state index contributed by atoms with van der Waals surface area (Å²) in [7, 11) is 1.57. The first-order valence-corrected chi connectivity index (χ1v) is 6.75. The molecule has 0 radical (unpaired) electrons. The summed E-state index contributed by atoms with van der Waals surface area (Å²) in [5, 5.41) is 20.1. The van der Waals surface area contributed by atoms with E-state index in [2.05, 4.69) is 10.2 Å². The number of para-hydroxylation sites is 1. The molecule has 0 fully saturated rings. The summed E-state index contributed by atoms with van der Waals surface area (Å²) < 4.78 is 5.23. The van der Waals surface area contributed by atoms with E-state index < -0.39 is 0 Å². The van der Waals surface area contributed by atoms with E-state index in [-0.39, 0.29) is 5.75 Å². The van der Waals surface area contributed by atoms with Crippen molar-refractivity contribution in [2.45, 2.75) is 0 Å². The molecule has 5 heteroatoms. The molecule has 3 aromatic rings. The predicted molar refractivity (Wildman–Crippen MR) is 87.2 cm³/mol. The Hall–Kier alpha value is -3.08. The van der Waals surface area contributed by atoms with Crippen molar-refractivity contribution in [2.24, 2.45) is 10.2 Å². The van der Waals surface area contributed by atoms with E-state index in [0.717, 1.165) is 10.8 Å². The molecule has 3 aromatic carbocycles. The molecule has 0 atom stereocenters. The average molecular weight is 293 g/mol. The Labute approximate surface area is 127 Å². The van der Waals surface area contributed by atoms with Gasteiger partial charge in [0.2, 0.25) is 0 Å². The van der Waals surface area contributed by atoms with Crippen molar-refractivity contribution in [2.75, 3.05) is 12.8 Å². The lowest BCUT2D eigenvalue weighted by Crippen LogP contribution is -1.84. The van der Waals surface area contributed by atoms with E-state index in [1.54, 1.807) is 37.4 Å². The zero-order valence-electron chi connectivity index (χ0n) is 12.0. The number of hydrogen-bond acceptors (Lipinski definition) is 5. The van der Waals surface area contributed by atoms with Crippen LogP contribution in [0.1, 0.15) is 0 Å². The number of hydrogen-bond donors (Lipinski definition) is 2. The van der Waals surface area contributed by atoms with Gasteiger partial charge in [0.05, 0.1) is 7.11 Å². The molecule has 0 saturated heterocycles. The number of benzene rings is 3. The summed E-state index contributed by atoms with van der Waals surface area (Å²) in [5.74, 6) is 0.669. The van der Waals surface area contributed by atoms with Crippen molar-refractivity contribution in [3.8, 4) is 11.5 Å². The van der Waals surface area contributed by atoms with Gasteiger partial charge < -0.3 is 15.6 Å². The van der Waals surface area contributed by atoms with Crippen LogP contribution in [0.15, 0.2) is 64.8 Å². The van der Waals surface area contributed by atoms with Gasteiger partial charge in [0.25, 0.3) is 0 Å². The van der Waals surface area contributed by atoms with Crippen LogP contribution in [0.5, 0.6) is 11.5 Å². The summed E-state index contributed by atoms with van der Waals surface area (Å²) in [6, 6.07) is 16.2.